The summed E-state index contributed by atoms with van der Waals surface area (Å²) in [6.45, 7) is 7.50. The Morgan fingerprint density at radius 1 is 0.972 bits per heavy atom. The first-order valence-corrected chi connectivity index (χ1v) is 14.1. The van der Waals surface area contributed by atoms with Crippen LogP contribution in [-0.4, -0.2) is 49.3 Å². The number of nitrogens with zero attached hydrogens (tertiary/aromatic N) is 1. The van der Waals surface area contributed by atoms with Gasteiger partial charge >= 0.3 is 0 Å². The van der Waals surface area contributed by atoms with Gasteiger partial charge in [0.25, 0.3) is 5.91 Å². The average molecular weight is 512 g/mol. The molecule has 0 saturated carbocycles. The van der Waals surface area contributed by atoms with Crippen molar-refractivity contribution in [1.82, 2.24) is 15.8 Å². The average Bonchev–Trinajstić information content (AvgIpc) is 3.40. The maximum Gasteiger partial charge on any atom is 0.251 e. The molecule has 196 valence electrons. The van der Waals surface area contributed by atoms with Gasteiger partial charge in [0.15, 0.2) is 0 Å². The molecule has 0 aliphatic heterocycles. The van der Waals surface area contributed by atoms with E-state index >= 15 is 0 Å². The van der Waals surface area contributed by atoms with Gasteiger partial charge < -0.3 is 19.9 Å². The van der Waals surface area contributed by atoms with Crippen LogP contribution < -0.4 is 15.4 Å². The number of para-hydroxylation sites is 1. The first-order valence-electron chi connectivity index (χ1n) is 12.9. The van der Waals surface area contributed by atoms with Gasteiger partial charge in [-0.15, -0.1) is 0 Å². The molecule has 2 aromatic carbocycles. The lowest BCUT2D eigenvalue weighted by atomic mass is 10.1. The van der Waals surface area contributed by atoms with Crippen LogP contribution in [-0.2, 0) is 6.42 Å². The minimum atomic E-state index is -0.0981. The molecule has 6 nitrogen and oxygen atoms in total. The van der Waals surface area contributed by atoms with Crippen molar-refractivity contribution in [3.8, 4) is 17.0 Å². The number of aromatic nitrogens is 1. The highest BCUT2D eigenvalue weighted by atomic mass is 32.2. The number of carbonyl (C=O) groups is 1. The predicted molar refractivity (Wildman–Crippen MR) is 151 cm³/mol. The molecule has 1 amide bonds. The van der Waals surface area contributed by atoms with E-state index in [1.54, 1.807) is 19.2 Å². The SMILES string of the molecule is CCCCNCCC.CNC(=O)c1ccc(-c2cc(CCCSCCOc3ccccc3)on2)cc1. The van der Waals surface area contributed by atoms with Crippen LogP contribution in [0.15, 0.2) is 65.2 Å². The van der Waals surface area contributed by atoms with Crippen molar-refractivity contribution in [1.29, 1.82) is 0 Å². The monoisotopic (exact) mass is 511 g/mol. The van der Waals surface area contributed by atoms with Crippen molar-refractivity contribution in [2.45, 2.75) is 46.0 Å². The number of ether oxygens (including phenoxy) is 1. The van der Waals surface area contributed by atoms with Crippen molar-refractivity contribution in [2.75, 3.05) is 38.2 Å². The molecule has 0 fully saturated rings. The number of aryl methyl sites for hydroxylation is 1. The number of thioether (sulfide) groups is 1. The van der Waals surface area contributed by atoms with E-state index < -0.39 is 0 Å². The molecule has 0 radical (unpaired) electrons. The Morgan fingerprint density at radius 2 is 1.75 bits per heavy atom. The number of amides is 1. The molecule has 0 atom stereocenters. The Balaban J connectivity index is 0.000000493. The normalized spacial score (nSPS) is 10.4. The Bertz CT molecular complexity index is 955. The molecule has 0 unspecified atom stereocenters. The summed E-state index contributed by atoms with van der Waals surface area (Å²) in [5.74, 6) is 3.72. The van der Waals surface area contributed by atoms with Gasteiger partial charge in [0.2, 0.25) is 0 Å². The van der Waals surface area contributed by atoms with E-state index in [9.17, 15) is 4.79 Å². The molecule has 3 rings (SSSR count). The summed E-state index contributed by atoms with van der Waals surface area (Å²) in [6.07, 6.45) is 5.76. The third-order valence-electron chi connectivity index (χ3n) is 5.31. The summed E-state index contributed by atoms with van der Waals surface area (Å²) < 4.78 is 11.1. The number of unbranched alkanes of at least 4 members (excludes halogenated alkanes) is 1. The molecule has 36 heavy (non-hydrogen) atoms. The quantitative estimate of drug-likeness (QED) is 0.236. The number of hydrogen-bond donors (Lipinski definition) is 2. The fraction of sp³-hybridized carbons (Fsp3) is 0.448. The molecular weight excluding hydrogens is 470 g/mol. The molecule has 7 heteroatoms. The van der Waals surface area contributed by atoms with E-state index in [2.05, 4.69) is 29.6 Å². The van der Waals surface area contributed by atoms with Gasteiger partial charge in [-0.2, -0.15) is 11.8 Å². The van der Waals surface area contributed by atoms with Crippen molar-refractivity contribution >= 4 is 17.7 Å². The zero-order valence-electron chi connectivity index (χ0n) is 21.9. The summed E-state index contributed by atoms with van der Waals surface area (Å²) in [4.78, 5) is 11.6. The fourth-order valence-corrected chi connectivity index (χ4v) is 4.05. The molecule has 3 aromatic rings. The van der Waals surface area contributed by atoms with Crippen molar-refractivity contribution < 1.29 is 14.1 Å². The van der Waals surface area contributed by atoms with Gasteiger partial charge in [-0.05, 0) is 62.4 Å². The lowest BCUT2D eigenvalue weighted by Crippen LogP contribution is -2.17. The van der Waals surface area contributed by atoms with Crippen LogP contribution >= 0.6 is 11.8 Å². The van der Waals surface area contributed by atoms with Gasteiger partial charge in [-0.25, -0.2) is 0 Å². The molecule has 2 N–H and O–H groups in total. The van der Waals surface area contributed by atoms with E-state index in [0.29, 0.717) is 12.2 Å². The summed E-state index contributed by atoms with van der Waals surface area (Å²) in [5.41, 5.74) is 2.36. The molecule has 0 bridgehead atoms. The van der Waals surface area contributed by atoms with Crippen molar-refractivity contribution in [2.24, 2.45) is 0 Å². The smallest absolute Gasteiger partial charge is 0.251 e. The topological polar surface area (TPSA) is 76.4 Å². The third kappa shape index (κ3) is 11.8. The van der Waals surface area contributed by atoms with E-state index in [4.69, 9.17) is 9.26 Å². The summed E-state index contributed by atoms with van der Waals surface area (Å²) >= 11 is 1.88. The van der Waals surface area contributed by atoms with Gasteiger partial charge in [0, 0.05) is 36.4 Å². The maximum absolute atomic E-state index is 11.6. The van der Waals surface area contributed by atoms with Crippen LogP contribution in [0.1, 0.15) is 55.6 Å². The summed E-state index contributed by atoms with van der Waals surface area (Å²) in [5, 5.41) is 10.1. The lowest BCUT2D eigenvalue weighted by molar-refractivity contribution is 0.0963. The minimum absolute atomic E-state index is 0.0981. The van der Waals surface area contributed by atoms with Gasteiger partial charge in [-0.1, -0.05) is 55.8 Å². The summed E-state index contributed by atoms with van der Waals surface area (Å²) in [7, 11) is 1.62. The van der Waals surface area contributed by atoms with Crippen LogP contribution in [0.3, 0.4) is 0 Å². The molecule has 0 spiro atoms. The number of rotatable bonds is 15. The second kappa shape index (κ2) is 18.5. The number of carbonyl (C=O) groups excluding carboxylic acids is 1. The lowest BCUT2D eigenvalue weighted by Gasteiger charge is -2.05. The predicted octanol–water partition coefficient (Wildman–Crippen LogP) is 6.23. The first kappa shape index (κ1) is 29.5. The largest absolute Gasteiger partial charge is 0.493 e. The van der Waals surface area contributed by atoms with Crippen LogP contribution in [0.4, 0.5) is 0 Å². The maximum atomic E-state index is 11.6. The molecule has 1 aromatic heterocycles. The van der Waals surface area contributed by atoms with Gasteiger partial charge in [0.05, 0.1) is 6.61 Å². The summed E-state index contributed by atoms with van der Waals surface area (Å²) in [6, 6.07) is 19.2. The first-order chi connectivity index (χ1) is 17.7. The molecular formula is C29H41N3O3S. The highest BCUT2D eigenvalue weighted by Gasteiger charge is 2.08. The minimum Gasteiger partial charge on any atom is -0.493 e. The van der Waals surface area contributed by atoms with Crippen LogP contribution in [0, 0.1) is 0 Å². The van der Waals surface area contributed by atoms with Gasteiger partial charge in [0.1, 0.15) is 17.2 Å². The second-order valence-electron chi connectivity index (χ2n) is 8.32. The zero-order valence-corrected chi connectivity index (χ0v) is 22.7. The molecule has 0 aliphatic rings. The Kier molecular flexibility index (Phi) is 15.1. The zero-order chi connectivity index (χ0) is 25.8. The van der Waals surface area contributed by atoms with Crippen molar-refractivity contribution in [3.05, 3.63) is 72.0 Å². The fourth-order valence-electron chi connectivity index (χ4n) is 3.29. The third-order valence-corrected chi connectivity index (χ3v) is 6.35. The molecule has 0 saturated heterocycles. The van der Waals surface area contributed by atoms with Crippen molar-refractivity contribution in [3.63, 3.8) is 0 Å². The highest BCUT2D eigenvalue weighted by Crippen LogP contribution is 2.21. The molecule has 1 heterocycles. The Morgan fingerprint density at radius 3 is 2.44 bits per heavy atom. The Labute approximate surface area is 220 Å². The number of hydrogen-bond acceptors (Lipinski definition) is 6. The Hall–Kier alpha value is -2.77. The van der Waals surface area contributed by atoms with Crippen LogP contribution in [0.2, 0.25) is 0 Å². The highest BCUT2D eigenvalue weighted by molar-refractivity contribution is 7.99. The number of benzene rings is 2. The van der Waals surface area contributed by atoms with E-state index in [0.717, 1.165) is 47.1 Å². The van der Waals surface area contributed by atoms with E-state index in [1.165, 1.54) is 32.4 Å². The molecule has 0 aliphatic carbocycles. The standard InChI is InChI=1S/C22H24N2O3S.C7H17N/c1-23-22(25)18-11-9-17(10-12-18)21-16-20(27-24-21)8-5-14-28-15-13-26-19-6-3-2-4-7-19;1-3-5-7-8-6-4-2/h2-4,6-7,9-12,16H,5,8,13-15H2,1H3,(H,23,25);8H,3-7H2,1-2H3. The number of nitrogens with one attached hydrogen (secondary N) is 2. The van der Waals surface area contributed by atoms with E-state index in [1.807, 2.05) is 60.3 Å². The van der Waals surface area contributed by atoms with Gasteiger partial charge in [-0.3, -0.25) is 4.79 Å². The van der Waals surface area contributed by atoms with E-state index in [-0.39, 0.29) is 5.91 Å². The second-order valence-corrected chi connectivity index (χ2v) is 9.54. The van der Waals surface area contributed by atoms with Crippen LogP contribution in [0.5, 0.6) is 5.75 Å². The van der Waals surface area contributed by atoms with Crippen LogP contribution in [0.25, 0.3) is 11.3 Å².